The number of hydrogen-bond acceptors (Lipinski definition) is 2. The third-order valence-electron chi connectivity index (χ3n) is 2.15. The number of rotatable bonds is 5. The molecule has 1 aromatic rings. The van der Waals surface area contributed by atoms with Crippen LogP contribution in [0.2, 0.25) is 5.02 Å². The molecule has 0 unspecified atom stereocenters. The van der Waals surface area contributed by atoms with Crippen LogP contribution in [0.25, 0.3) is 0 Å². The van der Waals surface area contributed by atoms with Gasteiger partial charge >= 0.3 is 0 Å². The highest BCUT2D eigenvalue weighted by Crippen LogP contribution is 2.19. The van der Waals surface area contributed by atoms with Gasteiger partial charge in [-0.25, -0.2) is 0 Å². The number of halogens is 1. The summed E-state index contributed by atoms with van der Waals surface area (Å²) >= 11 is 6.14. The highest BCUT2D eigenvalue weighted by molar-refractivity contribution is 6.31. The monoisotopic (exact) mass is 225 g/mol. The maximum absolute atomic E-state index is 10.2. The van der Waals surface area contributed by atoms with E-state index in [2.05, 4.69) is 4.90 Å². The third kappa shape index (κ3) is 4.02. The molecule has 0 radical (unpaired) electrons. The van der Waals surface area contributed by atoms with E-state index in [0.717, 1.165) is 35.4 Å². The zero-order valence-corrected chi connectivity index (χ0v) is 9.92. The van der Waals surface area contributed by atoms with Crippen molar-refractivity contribution in [3.63, 3.8) is 0 Å². The molecule has 0 spiro atoms. The average molecular weight is 226 g/mol. The molecule has 1 aromatic carbocycles. The molecule has 0 saturated carbocycles. The predicted molar refractivity (Wildman–Crippen MR) is 63.2 cm³/mol. The van der Waals surface area contributed by atoms with Crippen molar-refractivity contribution in [3.05, 3.63) is 34.3 Å². The Morgan fingerprint density at radius 2 is 2.13 bits per heavy atom. The second-order valence-electron chi connectivity index (χ2n) is 3.87. The van der Waals surface area contributed by atoms with Crippen molar-refractivity contribution >= 4 is 17.9 Å². The molecule has 0 atom stereocenters. The van der Waals surface area contributed by atoms with Gasteiger partial charge in [-0.1, -0.05) is 23.7 Å². The maximum atomic E-state index is 10.2. The summed E-state index contributed by atoms with van der Waals surface area (Å²) in [5.74, 6) is 0. The molecule has 0 aliphatic rings. The molecule has 0 amide bonds. The lowest BCUT2D eigenvalue weighted by Crippen LogP contribution is -2.11. The van der Waals surface area contributed by atoms with Gasteiger partial charge < -0.3 is 9.69 Å². The van der Waals surface area contributed by atoms with Crippen molar-refractivity contribution < 1.29 is 4.79 Å². The Kier molecular flexibility index (Phi) is 4.79. The van der Waals surface area contributed by atoms with Crippen molar-refractivity contribution in [1.82, 2.24) is 4.90 Å². The summed E-state index contributed by atoms with van der Waals surface area (Å²) in [4.78, 5) is 12.3. The second-order valence-corrected chi connectivity index (χ2v) is 4.28. The molecule has 0 aliphatic carbocycles. The van der Waals surface area contributed by atoms with Gasteiger partial charge in [0.05, 0.1) is 0 Å². The normalized spacial score (nSPS) is 10.7. The van der Waals surface area contributed by atoms with E-state index >= 15 is 0 Å². The van der Waals surface area contributed by atoms with Crippen LogP contribution in [0.1, 0.15) is 17.5 Å². The third-order valence-corrected chi connectivity index (χ3v) is 2.51. The highest BCUT2D eigenvalue weighted by atomic mass is 35.5. The summed E-state index contributed by atoms with van der Waals surface area (Å²) in [6, 6.07) is 6.01. The van der Waals surface area contributed by atoms with Gasteiger partial charge in [0.2, 0.25) is 0 Å². The van der Waals surface area contributed by atoms with Gasteiger partial charge in [0.1, 0.15) is 6.29 Å². The molecule has 0 bridgehead atoms. The fourth-order valence-electron chi connectivity index (χ4n) is 1.44. The molecule has 15 heavy (non-hydrogen) atoms. The zero-order valence-electron chi connectivity index (χ0n) is 9.16. The first-order chi connectivity index (χ1) is 7.13. The van der Waals surface area contributed by atoms with Gasteiger partial charge in [-0.05, 0) is 37.7 Å². The van der Waals surface area contributed by atoms with Crippen molar-refractivity contribution in [2.75, 3.05) is 14.1 Å². The Morgan fingerprint density at radius 3 is 2.67 bits per heavy atom. The quantitative estimate of drug-likeness (QED) is 0.718. The average Bonchev–Trinajstić information content (AvgIpc) is 2.18. The summed E-state index contributed by atoms with van der Waals surface area (Å²) in [7, 11) is 4.02. The van der Waals surface area contributed by atoms with Crippen LogP contribution >= 0.6 is 11.6 Å². The fraction of sp³-hybridized carbons (Fsp3) is 0.417. The molecule has 0 N–H and O–H groups in total. The summed E-state index contributed by atoms with van der Waals surface area (Å²) in [6.07, 6.45) is 2.26. The summed E-state index contributed by atoms with van der Waals surface area (Å²) in [5, 5.41) is 0.784. The largest absolute Gasteiger partial charge is 0.305 e. The van der Waals surface area contributed by atoms with E-state index in [0.29, 0.717) is 6.42 Å². The van der Waals surface area contributed by atoms with Crippen LogP contribution in [0.3, 0.4) is 0 Å². The van der Waals surface area contributed by atoms with Crippen molar-refractivity contribution in [3.8, 4) is 0 Å². The first kappa shape index (κ1) is 12.2. The van der Waals surface area contributed by atoms with E-state index in [4.69, 9.17) is 11.6 Å². The summed E-state index contributed by atoms with van der Waals surface area (Å²) in [5.41, 5.74) is 2.24. The van der Waals surface area contributed by atoms with Crippen LogP contribution in [0.15, 0.2) is 18.2 Å². The van der Waals surface area contributed by atoms with Crippen molar-refractivity contribution in [1.29, 1.82) is 0 Å². The van der Waals surface area contributed by atoms with Crippen LogP contribution in [-0.2, 0) is 17.8 Å². The number of benzene rings is 1. The Hall–Kier alpha value is -0.860. The number of aryl methyl sites for hydroxylation is 1. The Balaban J connectivity index is 2.73. The molecular weight excluding hydrogens is 210 g/mol. The molecule has 0 heterocycles. The topological polar surface area (TPSA) is 20.3 Å². The predicted octanol–water partition coefficient (Wildman–Crippen LogP) is 2.53. The lowest BCUT2D eigenvalue weighted by atomic mass is 10.1. The van der Waals surface area contributed by atoms with Gasteiger partial charge in [0, 0.05) is 18.0 Å². The van der Waals surface area contributed by atoms with Crippen LogP contribution in [0.4, 0.5) is 0 Å². The van der Waals surface area contributed by atoms with E-state index in [9.17, 15) is 4.79 Å². The fourth-order valence-corrected chi connectivity index (χ4v) is 1.70. The Morgan fingerprint density at radius 1 is 1.40 bits per heavy atom. The molecule has 3 heteroatoms. The molecule has 0 fully saturated rings. The molecule has 0 aromatic heterocycles. The van der Waals surface area contributed by atoms with Crippen molar-refractivity contribution in [2.24, 2.45) is 0 Å². The van der Waals surface area contributed by atoms with Gasteiger partial charge in [0.25, 0.3) is 0 Å². The zero-order chi connectivity index (χ0) is 11.3. The number of carbonyl (C=O) groups is 1. The van der Waals surface area contributed by atoms with Gasteiger partial charge in [0.15, 0.2) is 0 Å². The highest BCUT2D eigenvalue weighted by Gasteiger charge is 2.02. The van der Waals surface area contributed by atoms with E-state index < -0.39 is 0 Å². The maximum Gasteiger partial charge on any atom is 0.120 e. The Bertz CT molecular complexity index is 336. The number of nitrogens with zero attached hydrogens (tertiary/aromatic N) is 1. The minimum atomic E-state index is 0.559. The van der Waals surface area contributed by atoms with Gasteiger partial charge in [-0.3, -0.25) is 0 Å². The standard InChI is InChI=1S/C12H16ClNO/c1-14(2)9-11-6-5-10(4-3-7-15)8-12(11)13/h5-8H,3-4,9H2,1-2H3. The smallest absolute Gasteiger partial charge is 0.120 e. The van der Waals surface area contributed by atoms with Crippen molar-refractivity contribution in [2.45, 2.75) is 19.4 Å². The minimum Gasteiger partial charge on any atom is -0.305 e. The van der Waals surface area contributed by atoms with Crippen LogP contribution < -0.4 is 0 Å². The van der Waals surface area contributed by atoms with E-state index in [-0.39, 0.29) is 0 Å². The minimum absolute atomic E-state index is 0.559. The van der Waals surface area contributed by atoms with Crippen LogP contribution in [0.5, 0.6) is 0 Å². The van der Waals surface area contributed by atoms with Crippen LogP contribution in [0, 0.1) is 0 Å². The van der Waals surface area contributed by atoms with Gasteiger partial charge in [-0.2, -0.15) is 0 Å². The summed E-state index contributed by atoms with van der Waals surface area (Å²) in [6.45, 7) is 0.840. The molecule has 1 rings (SSSR count). The number of carbonyl (C=O) groups excluding carboxylic acids is 1. The molecule has 0 saturated heterocycles. The van der Waals surface area contributed by atoms with Gasteiger partial charge in [-0.15, -0.1) is 0 Å². The first-order valence-corrected chi connectivity index (χ1v) is 5.37. The van der Waals surface area contributed by atoms with Crippen LogP contribution in [-0.4, -0.2) is 25.3 Å². The number of hydrogen-bond donors (Lipinski definition) is 0. The molecular formula is C12H16ClNO. The Labute approximate surface area is 95.8 Å². The number of aldehydes is 1. The molecule has 0 aliphatic heterocycles. The van der Waals surface area contributed by atoms with E-state index in [1.54, 1.807) is 0 Å². The lowest BCUT2D eigenvalue weighted by Gasteiger charge is -2.11. The molecule has 2 nitrogen and oxygen atoms in total. The summed E-state index contributed by atoms with van der Waals surface area (Å²) < 4.78 is 0. The van der Waals surface area contributed by atoms with E-state index in [1.807, 2.05) is 32.3 Å². The SMILES string of the molecule is CN(C)Cc1ccc(CCC=O)cc1Cl. The second kappa shape index (κ2) is 5.89. The lowest BCUT2D eigenvalue weighted by molar-refractivity contribution is -0.107. The molecule has 82 valence electrons. The first-order valence-electron chi connectivity index (χ1n) is 4.99. The van der Waals surface area contributed by atoms with E-state index in [1.165, 1.54) is 0 Å².